The third-order valence-electron chi connectivity index (χ3n) is 5.20. The Morgan fingerprint density at radius 1 is 1.12 bits per heavy atom. The van der Waals surface area contributed by atoms with Gasteiger partial charge in [-0.25, -0.2) is 0 Å². The Kier molecular flexibility index (Phi) is 5.41. The standard InChI is InChI=1S/C19H26N2O2.ClH/c1-18(2,3)16(22)13-4-6-14(7-5-13)21-17(23)15-12-19(15)8-10-20-11-9-19;/h4-7,15,20H,8-12H2,1-3H3,(H,21,23);1H. The molecule has 1 aliphatic carbocycles. The van der Waals surface area contributed by atoms with E-state index < -0.39 is 0 Å². The van der Waals surface area contributed by atoms with Gasteiger partial charge in [0.1, 0.15) is 0 Å². The Morgan fingerprint density at radius 3 is 2.25 bits per heavy atom. The molecular formula is C19H27ClN2O2. The molecule has 24 heavy (non-hydrogen) atoms. The number of rotatable bonds is 3. The first-order valence-corrected chi connectivity index (χ1v) is 8.48. The first-order valence-electron chi connectivity index (χ1n) is 8.48. The second-order valence-electron chi connectivity index (χ2n) is 8.01. The molecule has 3 rings (SSSR count). The zero-order valence-electron chi connectivity index (χ0n) is 14.6. The molecular weight excluding hydrogens is 324 g/mol. The van der Waals surface area contributed by atoms with Gasteiger partial charge < -0.3 is 10.6 Å². The number of nitrogens with one attached hydrogen (secondary N) is 2. The highest BCUT2D eigenvalue weighted by molar-refractivity contribution is 6.00. The molecule has 1 heterocycles. The van der Waals surface area contributed by atoms with Gasteiger partial charge in [0.15, 0.2) is 5.78 Å². The number of piperidine rings is 1. The summed E-state index contributed by atoms with van der Waals surface area (Å²) in [5, 5.41) is 6.36. The highest BCUT2D eigenvalue weighted by Crippen LogP contribution is 2.58. The minimum atomic E-state index is -0.389. The fourth-order valence-electron chi connectivity index (χ4n) is 3.56. The Balaban J connectivity index is 0.00000208. The molecule has 5 heteroatoms. The minimum Gasteiger partial charge on any atom is -0.326 e. The molecule has 2 aliphatic rings. The fourth-order valence-corrected chi connectivity index (χ4v) is 3.56. The minimum absolute atomic E-state index is 0. The molecule has 1 spiro atoms. The van der Waals surface area contributed by atoms with Crippen molar-refractivity contribution in [2.75, 3.05) is 18.4 Å². The van der Waals surface area contributed by atoms with Gasteiger partial charge in [0.2, 0.25) is 5.91 Å². The van der Waals surface area contributed by atoms with Gasteiger partial charge in [-0.3, -0.25) is 9.59 Å². The molecule has 0 aromatic heterocycles. The number of hydrogen-bond acceptors (Lipinski definition) is 3. The molecule has 0 bridgehead atoms. The Labute approximate surface area is 150 Å². The van der Waals surface area contributed by atoms with Crippen molar-refractivity contribution in [1.82, 2.24) is 5.32 Å². The van der Waals surface area contributed by atoms with Crippen LogP contribution in [0.3, 0.4) is 0 Å². The Morgan fingerprint density at radius 2 is 1.71 bits per heavy atom. The van der Waals surface area contributed by atoms with Crippen LogP contribution >= 0.6 is 12.4 Å². The molecule has 0 radical (unpaired) electrons. The largest absolute Gasteiger partial charge is 0.326 e. The van der Waals surface area contributed by atoms with Gasteiger partial charge in [0, 0.05) is 22.6 Å². The number of carbonyl (C=O) groups excluding carboxylic acids is 2. The number of ketones is 1. The number of benzene rings is 1. The lowest BCUT2D eigenvalue weighted by Gasteiger charge is -2.23. The van der Waals surface area contributed by atoms with Crippen molar-refractivity contribution in [3.8, 4) is 0 Å². The number of hydrogen-bond donors (Lipinski definition) is 2. The first kappa shape index (κ1) is 18.9. The number of amides is 1. The van der Waals surface area contributed by atoms with E-state index in [1.54, 1.807) is 12.1 Å². The monoisotopic (exact) mass is 350 g/mol. The van der Waals surface area contributed by atoms with Crippen LogP contribution in [-0.4, -0.2) is 24.8 Å². The van der Waals surface area contributed by atoms with Crippen molar-refractivity contribution in [3.05, 3.63) is 29.8 Å². The van der Waals surface area contributed by atoms with Crippen molar-refractivity contribution in [2.45, 2.75) is 40.0 Å². The summed E-state index contributed by atoms with van der Waals surface area (Å²) in [6.07, 6.45) is 3.22. The molecule has 1 aromatic rings. The summed E-state index contributed by atoms with van der Waals surface area (Å²) in [6, 6.07) is 7.26. The maximum Gasteiger partial charge on any atom is 0.228 e. The van der Waals surface area contributed by atoms with E-state index in [4.69, 9.17) is 0 Å². The average Bonchev–Trinajstić information content (AvgIpc) is 3.20. The molecule has 1 aliphatic heterocycles. The van der Waals surface area contributed by atoms with E-state index in [9.17, 15) is 9.59 Å². The van der Waals surface area contributed by atoms with Crippen molar-refractivity contribution in [1.29, 1.82) is 0 Å². The maximum absolute atomic E-state index is 12.4. The van der Waals surface area contributed by atoms with Crippen LogP contribution in [-0.2, 0) is 4.79 Å². The molecule has 1 amide bonds. The fraction of sp³-hybridized carbons (Fsp3) is 0.579. The van der Waals surface area contributed by atoms with E-state index in [-0.39, 0.29) is 40.8 Å². The molecule has 4 nitrogen and oxygen atoms in total. The van der Waals surface area contributed by atoms with Crippen LogP contribution in [0.5, 0.6) is 0 Å². The number of Topliss-reactive ketones (excluding diaryl/α,β-unsaturated/α-hetero) is 1. The predicted octanol–water partition coefficient (Wildman–Crippen LogP) is 3.67. The smallest absolute Gasteiger partial charge is 0.228 e. The van der Waals surface area contributed by atoms with E-state index in [0.717, 1.165) is 38.0 Å². The van der Waals surface area contributed by atoms with Gasteiger partial charge >= 0.3 is 0 Å². The summed E-state index contributed by atoms with van der Waals surface area (Å²) in [5.74, 6) is 0.397. The molecule has 1 saturated heterocycles. The Bertz CT molecular complexity index is 613. The summed E-state index contributed by atoms with van der Waals surface area (Å²) in [7, 11) is 0. The van der Waals surface area contributed by atoms with Crippen LogP contribution in [0.25, 0.3) is 0 Å². The molecule has 2 N–H and O–H groups in total. The van der Waals surface area contributed by atoms with Gasteiger partial charge in [0.05, 0.1) is 0 Å². The van der Waals surface area contributed by atoms with Gasteiger partial charge in [0.25, 0.3) is 0 Å². The van der Waals surface area contributed by atoms with Crippen LogP contribution in [0.1, 0.15) is 50.4 Å². The van der Waals surface area contributed by atoms with Crippen molar-refractivity contribution >= 4 is 29.8 Å². The number of halogens is 1. The van der Waals surface area contributed by atoms with E-state index in [1.807, 2.05) is 32.9 Å². The molecule has 2 fully saturated rings. The highest BCUT2D eigenvalue weighted by atomic mass is 35.5. The first-order chi connectivity index (χ1) is 10.8. The van der Waals surface area contributed by atoms with Crippen molar-refractivity contribution < 1.29 is 9.59 Å². The molecule has 1 atom stereocenters. The quantitative estimate of drug-likeness (QED) is 0.818. The predicted molar refractivity (Wildman–Crippen MR) is 98.7 cm³/mol. The van der Waals surface area contributed by atoms with E-state index in [2.05, 4.69) is 10.6 Å². The average molecular weight is 351 g/mol. The van der Waals surface area contributed by atoms with Gasteiger partial charge in [-0.1, -0.05) is 20.8 Å². The van der Waals surface area contributed by atoms with Crippen LogP contribution in [0, 0.1) is 16.7 Å². The second-order valence-corrected chi connectivity index (χ2v) is 8.01. The number of carbonyl (C=O) groups is 2. The summed E-state index contributed by atoms with van der Waals surface area (Å²) in [5.41, 5.74) is 1.32. The lowest BCUT2D eigenvalue weighted by molar-refractivity contribution is -0.118. The summed E-state index contributed by atoms with van der Waals surface area (Å²) < 4.78 is 0. The van der Waals surface area contributed by atoms with Crippen LogP contribution < -0.4 is 10.6 Å². The van der Waals surface area contributed by atoms with Gasteiger partial charge in [-0.2, -0.15) is 0 Å². The van der Waals surface area contributed by atoms with E-state index in [1.165, 1.54) is 0 Å². The molecule has 1 saturated carbocycles. The molecule has 1 aromatic carbocycles. The topological polar surface area (TPSA) is 58.2 Å². The third kappa shape index (κ3) is 3.81. The van der Waals surface area contributed by atoms with E-state index >= 15 is 0 Å². The van der Waals surface area contributed by atoms with Gasteiger partial charge in [-0.15, -0.1) is 12.4 Å². The highest BCUT2D eigenvalue weighted by Gasteiger charge is 2.57. The maximum atomic E-state index is 12.4. The van der Waals surface area contributed by atoms with Crippen molar-refractivity contribution in [3.63, 3.8) is 0 Å². The van der Waals surface area contributed by atoms with Crippen LogP contribution in [0.2, 0.25) is 0 Å². The normalized spacial score (nSPS) is 21.7. The molecule has 1 unspecified atom stereocenters. The summed E-state index contributed by atoms with van der Waals surface area (Å²) in [6.45, 7) is 7.78. The lowest BCUT2D eigenvalue weighted by Crippen LogP contribution is -2.31. The third-order valence-corrected chi connectivity index (χ3v) is 5.20. The van der Waals surface area contributed by atoms with Crippen LogP contribution in [0.15, 0.2) is 24.3 Å². The van der Waals surface area contributed by atoms with Crippen molar-refractivity contribution in [2.24, 2.45) is 16.7 Å². The zero-order valence-corrected chi connectivity index (χ0v) is 15.5. The summed E-state index contributed by atoms with van der Waals surface area (Å²) >= 11 is 0. The lowest BCUT2D eigenvalue weighted by atomic mass is 9.86. The zero-order chi connectivity index (χ0) is 16.7. The van der Waals surface area contributed by atoms with Gasteiger partial charge in [-0.05, 0) is 62.0 Å². The second kappa shape index (κ2) is 6.85. The number of anilines is 1. The summed E-state index contributed by atoms with van der Waals surface area (Å²) in [4.78, 5) is 24.7. The Hall–Kier alpha value is -1.39. The van der Waals surface area contributed by atoms with Crippen LogP contribution in [0.4, 0.5) is 5.69 Å². The van der Waals surface area contributed by atoms with E-state index in [0.29, 0.717) is 5.56 Å². The SMILES string of the molecule is CC(C)(C)C(=O)c1ccc(NC(=O)C2CC23CCNCC3)cc1.Cl. The molecule has 132 valence electrons.